The second-order valence-corrected chi connectivity index (χ2v) is 3.55. The molecule has 0 fully saturated rings. The molecule has 0 bridgehead atoms. The standard InChI is InChI=1S/C8H6BrNO4/c1-4(11)6-2-5(9)3-7(12)8(6)10(13)14/h2-3,12H,1H3. The van der Waals surface area contributed by atoms with Gasteiger partial charge < -0.3 is 5.11 Å². The first-order valence-electron chi connectivity index (χ1n) is 3.61. The van der Waals surface area contributed by atoms with E-state index in [4.69, 9.17) is 0 Å². The van der Waals surface area contributed by atoms with Gasteiger partial charge in [0.15, 0.2) is 11.5 Å². The third kappa shape index (κ3) is 1.90. The highest BCUT2D eigenvalue weighted by Crippen LogP contribution is 2.33. The van der Waals surface area contributed by atoms with Gasteiger partial charge in [0.2, 0.25) is 0 Å². The van der Waals surface area contributed by atoms with Crippen LogP contribution in [0.1, 0.15) is 17.3 Å². The zero-order chi connectivity index (χ0) is 10.9. The Balaban J connectivity index is 3.52. The van der Waals surface area contributed by atoms with Crippen molar-refractivity contribution in [3.05, 3.63) is 32.3 Å². The van der Waals surface area contributed by atoms with Crippen LogP contribution >= 0.6 is 15.9 Å². The molecule has 0 amide bonds. The molecular formula is C8H6BrNO4. The molecule has 14 heavy (non-hydrogen) atoms. The van der Waals surface area contributed by atoms with E-state index < -0.39 is 22.1 Å². The number of carbonyl (C=O) groups excluding carboxylic acids is 1. The van der Waals surface area contributed by atoms with Gasteiger partial charge >= 0.3 is 5.69 Å². The predicted octanol–water partition coefficient (Wildman–Crippen LogP) is 2.27. The number of nitrogens with zero attached hydrogens (tertiary/aromatic N) is 1. The van der Waals surface area contributed by atoms with E-state index in [0.717, 1.165) is 0 Å². The molecule has 0 aliphatic rings. The Bertz CT molecular complexity index is 416. The number of aromatic hydroxyl groups is 1. The summed E-state index contributed by atoms with van der Waals surface area (Å²) in [6.07, 6.45) is 0. The minimum absolute atomic E-state index is 0.109. The number of hydrogen-bond acceptors (Lipinski definition) is 4. The maximum Gasteiger partial charge on any atom is 0.321 e. The summed E-state index contributed by atoms with van der Waals surface area (Å²) in [5.41, 5.74) is -0.664. The summed E-state index contributed by atoms with van der Waals surface area (Å²) in [6.45, 7) is 1.20. The molecule has 0 radical (unpaired) electrons. The molecule has 0 aliphatic carbocycles. The number of rotatable bonds is 2. The average molecular weight is 260 g/mol. The van der Waals surface area contributed by atoms with Crippen molar-refractivity contribution in [2.75, 3.05) is 0 Å². The molecule has 0 heterocycles. The van der Waals surface area contributed by atoms with E-state index in [2.05, 4.69) is 15.9 Å². The summed E-state index contributed by atoms with van der Waals surface area (Å²) < 4.78 is 0.422. The van der Waals surface area contributed by atoms with Gasteiger partial charge in [0.1, 0.15) is 5.56 Å². The number of carbonyl (C=O) groups is 1. The molecule has 5 nitrogen and oxygen atoms in total. The van der Waals surface area contributed by atoms with Gasteiger partial charge in [-0.25, -0.2) is 0 Å². The van der Waals surface area contributed by atoms with E-state index in [9.17, 15) is 20.0 Å². The van der Waals surface area contributed by atoms with Gasteiger partial charge in [-0.1, -0.05) is 15.9 Å². The van der Waals surface area contributed by atoms with Crippen LogP contribution in [0, 0.1) is 10.1 Å². The minimum atomic E-state index is -0.779. The quantitative estimate of drug-likeness (QED) is 0.502. The number of ketones is 1. The lowest BCUT2D eigenvalue weighted by molar-refractivity contribution is -0.386. The summed E-state index contributed by atoms with van der Waals surface area (Å²) in [4.78, 5) is 20.8. The Kier molecular flexibility index (Phi) is 2.85. The third-order valence-corrected chi connectivity index (χ3v) is 2.07. The van der Waals surface area contributed by atoms with Gasteiger partial charge in [-0.3, -0.25) is 14.9 Å². The average Bonchev–Trinajstić information content (AvgIpc) is 2.01. The molecule has 1 aromatic rings. The summed E-state index contributed by atoms with van der Waals surface area (Å²) in [5.74, 6) is -0.983. The molecule has 0 saturated heterocycles. The van der Waals surface area contributed by atoms with Crippen LogP contribution in [0.2, 0.25) is 0 Å². The van der Waals surface area contributed by atoms with Gasteiger partial charge in [0.25, 0.3) is 0 Å². The van der Waals surface area contributed by atoms with Crippen molar-refractivity contribution in [2.24, 2.45) is 0 Å². The van der Waals surface area contributed by atoms with Gasteiger partial charge in [-0.05, 0) is 13.0 Å². The second-order valence-electron chi connectivity index (χ2n) is 2.63. The normalized spacial score (nSPS) is 9.86. The fourth-order valence-electron chi connectivity index (χ4n) is 1.05. The molecule has 1 aromatic carbocycles. The maximum atomic E-state index is 11.0. The molecule has 0 spiro atoms. The SMILES string of the molecule is CC(=O)c1cc(Br)cc(O)c1[N+](=O)[O-]. The van der Waals surface area contributed by atoms with Gasteiger partial charge in [-0.15, -0.1) is 0 Å². The Hall–Kier alpha value is -1.43. The van der Waals surface area contributed by atoms with Crippen LogP contribution in [-0.4, -0.2) is 15.8 Å². The number of hydrogen-bond donors (Lipinski definition) is 1. The smallest absolute Gasteiger partial charge is 0.321 e. The van der Waals surface area contributed by atoms with Crippen LogP contribution in [0.4, 0.5) is 5.69 Å². The monoisotopic (exact) mass is 259 g/mol. The zero-order valence-electron chi connectivity index (χ0n) is 7.15. The molecule has 0 saturated carbocycles. The van der Waals surface area contributed by atoms with Crippen molar-refractivity contribution in [2.45, 2.75) is 6.92 Å². The highest BCUT2D eigenvalue weighted by Gasteiger charge is 2.23. The number of nitro benzene ring substituents is 1. The second kappa shape index (κ2) is 3.75. The largest absolute Gasteiger partial charge is 0.502 e. The first kappa shape index (κ1) is 10.6. The van der Waals surface area contributed by atoms with Crippen LogP contribution in [0.3, 0.4) is 0 Å². The van der Waals surface area contributed by atoms with Crippen molar-refractivity contribution >= 4 is 27.4 Å². The van der Waals surface area contributed by atoms with Gasteiger partial charge in [0, 0.05) is 10.5 Å². The van der Waals surface area contributed by atoms with Crippen LogP contribution < -0.4 is 0 Å². The predicted molar refractivity (Wildman–Crippen MR) is 52.5 cm³/mol. The van der Waals surface area contributed by atoms with Gasteiger partial charge in [-0.2, -0.15) is 0 Å². The van der Waals surface area contributed by atoms with Crippen molar-refractivity contribution in [1.29, 1.82) is 0 Å². The van der Waals surface area contributed by atoms with Crippen molar-refractivity contribution in [3.8, 4) is 5.75 Å². The Labute approximate surface area is 87.6 Å². The fraction of sp³-hybridized carbons (Fsp3) is 0.125. The molecule has 0 atom stereocenters. The number of benzene rings is 1. The molecule has 0 unspecified atom stereocenters. The molecule has 74 valence electrons. The van der Waals surface area contributed by atoms with Crippen LogP contribution in [-0.2, 0) is 0 Å². The number of nitro groups is 1. The van der Waals surface area contributed by atoms with Crippen molar-refractivity contribution in [1.82, 2.24) is 0 Å². The summed E-state index contributed by atoms with van der Waals surface area (Å²) >= 11 is 3.03. The van der Waals surface area contributed by atoms with E-state index in [1.165, 1.54) is 19.1 Å². The zero-order valence-corrected chi connectivity index (χ0v) is 8.74. The Morgan fingerprint density at radius 3 is 2.57 bits per heavy atom. The lowest BCUT2D eigenvalue weighted by atomic mass is 10.1. The summed E-state index contributed by atoms with van der Waals surface area (Å²) in [7, 11) is 0. The third-order valence-electron chi connectivity index (χ3n) is 1.62. The summed E-state index contributed by atoms with van der Waals surface area (Å²) in [6, 6.07) is 2.48. The molecule has 0 aliphatic heterocycles. The first-order valence-corrected chi connectivity index (χ1v) is 4.40. The number of Topliss-reactive ketones (excluding diaryl/α,β-unsaturated/α-hetero) is 1. The lowest BCUT2D eigenvalue weighted by Gasteiger charge is -2.01. The Morgan fingerprint density at radius 1 is 1.57 bits per heavy atom. The summed E-state index contributed by atoms with van der Waals surface area (Å²) in [5, 5.41) is 19.8. The van der Waals surface area contributed by atoms with Crippen molar-refractivity contribution in [3.63, 3.8) is 0 Å². The maximum absolute atomic E-state index is 11.0. The van der Waals surface area contributed by atoms with E-state index in [1.807, 2.05) is 0 Å². The Morgan fingerprint density at radius 2 is 2.14 bits per heavy atom. The molecular weight excluding hydrogens is 254 g/mol. The number of phenols is 1. The van der Waals surface area contributed by atoms with E-state index in [1.54, 1.807) is 0 Å². The highest BCUT2D eigenvalue weighted by molar-refractivity contribution is 9.10. The minimum Gasteiger partial charge on any atom is -0.502 e. The van der Waals surface area contributed by atoms with E-state index in [0.29, 0.717) is 4.47 Å². The fourth-order valence-corrected chi connectivity index (χ4v) is 1.49. The van der Waals surface area contributed by atoms with Crippen molar-refractivity contribution < 1.29 is 14.8 Å². The molecule has 1 N–H and O–H groups in total. The topological polar surface area (TPSA) is 80.4 Å². The van der Waals surface area contributed by atoms with Crippen LogP contribution in [0.15, 0.2) is 16.6 Å². The van der Waals surface area contributed by atoms with Gasteiger partial charge in [0.05, 0.1) is 4.92 Å². The van der Waals surface area contributed by atoms with Crippen LogP contribution in [0.5, 0.6) is 5.75 Å². The van der Waals surface area contributed by atoms with E-state index in [-0.39, 0.29) is 5.56 Å². The molecule has 1 rings (SSSR count). The molecule has 6 heteroatoms. The number of phenolic OH excluding ortho intramolecular Hbond substituents is 1. The van der Waals surface area contributed by atoms with Crippen LogP contribution in [0.25, 0.3) is 0 Å². The van der Waals surface area contributed by atoms with E-state index >= 15 is 0 Å². The number of halogens is 1. The first-order chi connectivity index (χ1) is 6.43. The lowest BCUT2D eigenvalue weighted by Crippen LogP contribution is -2.00. The molecule has 0 aromatic heterocycles. The highest BCUT2D eigenvalue weighted by atomic mass is 79.9.